The van der Waals surface area contributed by atoms with Crippen LogP contribution in [0.15, 0.2) is 152 Å². The Labute approximate surface area is 230 Å². The van der Waals surface area contributed by atoms with Gasteiger partial charge in [-0.2, -0.15) is 0 Å². The van der Waals surface area contributed by atoms with Crippen LogP contribution >= 0.6 is 7.92 Å². The van der Waals surface area contributed by atoms with E-state index in [0.29, 0.717) is 0 Å². The first kappa shape index (κ1) is 22.5. The molecule has 0 bridgehead atoms. The van der Waals surface area contributed by atoms with Crippen LogP contribution < -0.4 is 15.9 Å². The Morgan fingerprint density at radius 3 is 1.69 bits per heavy atom. The van der Waals surface area contributed by atoms with E-state index in [1.165, 1.54) is 70.8 Å². The molecule has 39 heavy (non-hydrogen) atoms. The minimum atomic E-state index is -1.31. The van der Waals surface area contributed by atoms with E-state index in [9.17, 15) is 0 Å². The molecule has 0 spiro atoms. The van der Waals surface area contributed by atoms with Crippen LogP contribution in [-0.2, 0) is 0 Å². The van der Waals surface area contributed by atoms with Crippen molar-refractivity contribution < 1.29 is 0 Å². The zero-order chi connectivity index (χ0) is 25.8. The minimum absolute atomic E-state index is 1.27. The maximum atomic E-state index is 2.43. The van der Waals surface area contributed by atoms with Gasteiger partial charge < -0.3 is 0 Å². The molecular weight excluding hydrogens is 487 g/mol. The highest BCUT2D eigenvalue weighted by Gasteiger charge is 2.32. The molecule has 0 fully saturated rings. The lowest BCUT2D eigenvalue weighted by molar-refractivity contribution is 1.65. The van der Waals surface area contributed by atoms with Gasteiger partial charge >= 0.3 is 0 Å². The van der Waals surface area contributed by atoms with E-state index in [1.807, 2.05) is 0 Å². The Balaban J connectivity index is 1.41. The van der Waals surface area contributed by atoms with Crippen LogP contribution in [0.5, 0.6) is 0 Å². The van der Waals surface area contributed by atoms with Gasteiger partial charge in [0.05, 0.1) is 7.92 Å². The van der Waals surface area contributed by atoms with Crippen LogP contribution in [0.3, 0.4) is 0 Å². The molecule has 182 valence electrons. The van der Waals surface area contributed by atoms with E-state index in [1.54, 1.807) is 0 Å². The SMILES string of the molecule is c1ccc(-c2ccccc2[PH+](c2ccccc2)c2ccc3c4c(cccc24)-c2cc4ccccc4cc2-3)cc1. The predicted molar refractivity (Wildman–Crippen MR) is 171 cm³/mol. The monoisotopic (exact) mass is 513 g/mol. The van der Waals surface area contributed by atoms with E-state index in [4.69, 9.17) is 0 Å². The molecule has 1 heteroatoms. The third-order valence-corrected chi connectivity index (χ3v) is 11.0. The highest BCUT2D eigenvalue weighted by Crippen LogP contribution is 2.50. The summed E-state index contributed by atoms with van der Waals surface area (Å²) in [5.41, 5.74) is 8.02. The predicted octanol–water partition coefficient (Wildman–Crippen LogP) is 8.80. The molecule has 1 aliphatic rings. The van der Waals surface area contributed by atoms with Gasteiger partial charge in [-0.15, -0.1) is 0 Å². The van der Waals surface area contributed by atoms with Crippen molar-refractivity contribution in [2.75, 3.05) is 0 Å². The summed E-state index contributed by atoms with van der Waals surface area (Å²) in [6.45, 7) is 0. The number of fused-ring (bicyclic) bond motifs is 4. The van der Waals surface area contributed by atoms with Crippen LogP contribution in [0.4, 0.5) is 0 Å². The van der Waals surface area contributed by atoms with Crippen LogP contribution in [0.1, 0.15) is 0 Å². The Kier molecular flexibility index (Phi) is 5.22. The Bertz CT molecular complexity index is 1960. The summed E-state index contributed by atoms with van der Waals surface area (Å²) in [5.74, 6) is 0. The normalized spacial score (nSPS) is 12.5. The van der Waals surface area contributed by atoms with Crippen molar-refractivity contribution >= 4 is 45.4 Å². The van der Waals surface area contributed by atoms with Crippen LogP contribution in [-0.4, -0.2) is 0 Å². The third-order valence-electron chi connectivity index (χ3n) is 8.12. The van der Waals surface area contributed by atoms with Gasteiger partial charge in [0.25, 0.3) is 0 Å². The second-order valence-electron chi connectivity index (χ2n) is 10.3. The molecule has 0 nitrogen and oxygen atoms in total. The molecule has 0 aliphatic heterocycles. The highest BCUT2D eigenvalue weighted by molar-refractivity contribution is 7.80. The second kappa shape index (κ2) is 9.05. The standard InChI is InChI=1S/C38H25P/c1-3-12-26(13-4-1)30-18-9-10-21-36(30)39(29-16-5-2-6-17-29)37-23-22-32-35-25-28-15-8-7-14-27(28)24-34(35)31-19-11-20-33(37)38(31)32/h1-25H/p+1. The third kappa shape index (κ3) is 3.57. The summed E-state index contributed by atoms with van der Waals surface area (Å²) in [5, 5.41) is 9.67. The van der Waals surface area contributed by atoms with Gasteiger partial charge in [0.2, 0.25) is 0 Å². The molecule has 0 saturated heterocycles. The average molecular weight is 514 g/mol. The molecule has 0 N–H and O–H groups in total. The van der Waals surface area contributed by atoms with E-state index in [-0.39, 0.29) is 0 Å². The first-order valence-electron chi connectivity index (χ1n) is 13.5. The Morgan fingerprint density at radius 1 is 0.359 bits per heavy atom. The molecule has 0 amide bonds. The Morgan fingerprint density at radius 2 is 0.949 bits per heavy atom. The summed E-state index contributed by atoms with van der Waals surface area (Å²) in [7, 11) is -1.31. The fourth-order valence-electron chi connectivity index (χ4n) is 6.39. The molecule has 1 aliphatic carbocycles. The van der Waals surface area contributed by atoms with Crippen LogP contribution in [0.25, 0.3) is 54.9 Å². The zero-order valence-corrected chi connectivity index (χ0v) is 22.4. The van der Waals surface area contributed by atoms with Crippen molar-refractivity contribution in [2.24, 2.45) is 0 Å². The van der Waals surface area contributed by atoms with Gasteiger partial charge in [-0.05, 0) is 81.1 Å². The van der Waals surface area contributed by atoms with Crippen molar-refractivity contribution in [1.29, 1.82) is 0 Å². The maximum Gasteiger partial charge on any atom is 0.110 e. The number of hydrogen-bond donors (Lipinski definition) is 0. The number of benzene rings is 7. The molecule has 0 aromatic heterocycles. The van der Waals surface area contributed by atoms with Crippen molar-refractivity contribution in [1.82, 2.24) is 0 Å². The van der Waals surface area contributed by atoms with E-state index in [2.05, 4.69) is 152 Å². The van der Waals surface area contributed by atoms with Gasteiger partial charge in [0.15, 0.2) is 0 Å². The molecule has 0 heterocycles. The fraction of sp³-hybridized carbons (Fsp3) is 0. The molecule has 7 aromatic rings. The smallest absolute Gasteiger partial charge is 0.0622 e. The van der Waals surface area contributed by atoms with Crippen molar-refractivity contribution in [3.8, 4) is 33.4 Å². The lowest BCUT2D eigenvalue weighted by atomic mass is 9.99. The summed E-state index contributed by atoms with van der Waals surface area (Å²) in [6, 6.07) is 56.2. The molecule has 0 saturated carbocycles. The Hall–Kier alpha value is -4.51. The van der Waals surface area contributed by atoms with Gasteiger partial charge in [-0.1, -0.05) is 109 Å². The molecule has 8 rings (SSSR count). The lowest BCUT2D eigenvalue weighted by Crippen LogP contribution is -2.22. The average Bonchev–Trinajstić information content (AvgIpc) is 3.32. The first-order chi connectivity index (χ1) is 19.4. The van der Waals surface area contributed by atoms with Crippen LogP contribution in [0, 0.1) is 0 Å². The van der Waals surface area contributed by atoms with E-state index < -0.39 is 7.92 Å². The first-order valence-corrected chi connectivity index (χ1v) is 15.0. The summed E-state index contributed by atoms with van der Waals surface area (Å²) in [4.78, 5) is 0. The summed E-state index contributed by atoms with van der Waals surface area (Å²) < 4.78 is 0. The number of rotatable bonds is 4. The fourth-order valence-corrected chi connectivity index (χ4v) is 9.32. The second-order valence-corrected chi connectivity index (χ2v) is 12.7. The molecule has 0 radical (unpaired) electrons. The van der Waals surface area contributed by atoms with Crippen molar-refractivity contribution in [3.05, 3.63) is 152 Å². The van der Waals surface area contributed by atoms with Crippen molar-refractivity contribution in [2.45, 2.75) is 0 Å². The quantitative estimate of drug-likeness (QED) is 0.206. The molecule has 1 unspecified atom stereocenters. The van der Waals surface area contributed by atoms with Gasteiger partial charge in [-0.25, -0.2) is 0 Å². The summed E-state index contributed by atoms with van der Waals surface area (Å²) >= 11 is 0. The number of hydrogen-bond acceptors (Lipinski definition) is 0. The van der Waals surface area contributed by atoms with Gasteiger partial charge in [-0.3, -0.25) is 0 Å². The maximum absolute atomic E-state index is 2.43. The largest absolute Gasteiger partial charge is 0.110 e. The highest BCUT2D eigenvalue weighted by atomic mass is 31.1. The topological polar surface area (TPSA) is 0 Å². The van der Waals surface area contributed by atoms with Crippen LogP contribution in [0.2, 0.25) is 0 Å². The molecule has 7 aromatic carbocycles. The van der Waals surface area contributed by atoms with E-state index >= 15 is 0 Å². The van der Waals surface area contributed by atoms with E-state index in [0.717, 1.165) is 0 Å². The molecule has 1 atom stereocenters. The molecular formula is C38H26P+. The summed E-state index contributed by atoms with van der Waals surface area (Å²) in [6.07, 6.45) is 0. The zero-order valence-electron chi connectivity index (χ0n) is 21.4. The van der Waals surface area contributed by atoms with Gasteiger partial charge in [0.1, 0.15) is 15.9 Å². The van der Waals surface area contributed by atoms with Crippen molar-refractivity contribution in [3.63, 3.8) is 0 Å². The minimum Gasteiger partial charge on any atom is -0.0622 e. The van der Waals surface area contributed by atoms with Gasteiger partial charge in [0, 0.05) is 16.3 Å². The lowest BCUT2D eigenvalue weighted by Gasteiger charge is -2.17.